The van der Waals surface area contributed by atoms with Crippen molar-refractivity contribution in [3.63, 3.8) is 0 Å². The molecular formula is C41H61N5O8. The Labute approximate surface area is 320 Å². The standard InChI is InChI=1S/C41H61N5O8/c1-7-21-53-22-20-46(52)26-36(47)42-32(19-18-30-14-10-8-11-15-30)38(49)44-34(24-29(4)5)39(50)45-35(25-31-16-12-9-13-17-31)40(51)43-33(23-28(2)3)37(48)41(6)27-54-41/h8-17,28-29,32-35,52H,7,18-27H2,1-6H3,(H,42,47)(H,43,51)(H,44,49)(H,45,50)/t32-,33-,34-,35-,41+/m0/s1. The molecule has 1 saturated heterocycles. The van der Waals surface area contributed by atoms with Crippen molar-refractivity contribution in [3.05, 3.63) is 71.8 Å². The van der Waals surface area contributed by atoms with Crippen LogP contribution in [0.15, 0.2) is 60.7 Å². The molecule has 0 aromatic heterocycles. The Bertz CT molecular complexity index is 1480. The molecular weight excluding hydrogens is 690 g/mol. The van der Waals surface area contributed by atoms with Gasteiger partial charge in [-0.3, -0.25) is 24.0 Å². The molecule has 2 aromatic carbocycles. The molecule has 0 saturated carbocycles. The maximum atomic E-state index is 14.1. The first-order valence-corrected chi connectivity index (χ1v) is 19.2. The topological polar surface area (TPSA) is 179 Å². The van der Waals surface area contributed by atoms with E-state index in [-0.39, 0.29) is 63.2 Å². The summed E-state index contributed by atoms with van der Waals surface area (Å²) in [6.45, 7) is 12.2. The van der Waals surface area contributed by atoms with Gasteiger partial charge in [-0.05, 0) is 62.0 Å². The van der Waals surface area contributed by atoms with Crippen molar-refractivity contribution in [2.45, 2.75) is 110 Å². The van der Waals surface area contributed by atoms with Crippen molar-refractivity contribution in [2.75, 3.05) is 32.9 Å². The Balaban J connectivity index is 1.80. The number of amides is 4. The van der Waals surface area contributed by atoms with Crippen LogP contribution in [0.5, 0.6) is 0 Å². The molecule has 0 aliphatic carbocycles. The zero-order valence-electron chi connectivity index (χ0n) is 32.8. The van der Waals surface area contributed by atoms with Crippen molar-refractivity contribution in [3.8, 4) is 0 Å². The number of epoxide rings is 1. The molecule has 1 fully saturated rings. The highest BCUT2D eigenvalue weighted by molar-refractivity contribution is 5.98. The molecule has 3 rings (SSSR count). The van der Waals surface area contributed by atoms with Crippen molar-refractivity contribution in [2.24, 2.45) is 11.8 Å². The van der Waals surface area contributed by atoms with Crippen LogP contribution < -0.4 is 21.3 Å². The van der Waals surface area contributed by atoms with E-state index in [1.165, 1.54) is 0 Å². The minimum Gasteiger partial charge on any atom is -0.380 e. The molecule has 0 bridgehead atoms. The molecule has 5 atom stereocenters. The van der Waals surface area contributed by atoms with Crippen LogP contribution in [0.2, 0.25) is 0 Å². The van der Waals surface area contributed by atoms with E-state index in [2.05, 4.69) is 21.3 Å². The Hall–Kier alpha value is -4.17. The Morgan fingerprint density at radius 3 is 1.85 bits per heavy atom. The van der Waals surface area contributed by atoms with Gasteiger partial charge in [0.15, 0.2) is 5.78 Å². The van der Waals surface area contributed by atoms with Crippen LogP contribution in [0.3, 0.4) is 0 Å². The molecule has 13 heteroatoms. The van der Waals surface area contributed by atoms with Gasteiger partial charge in [-0.1, -0.05) is 95.3 Å². The highest BCUT2D eigenvalue weighted by Gasteiger charge is 2.50. The number of aryl methyl sites for hydroxylation is 1. The highest BCUT2D eigenvalue weighted by Crippen LogP contribution is 2.29. The summed E-state index contributed by atoms with van der Waals surface area (Å²) >= 11 is 0. The summed E-state index contributed by atoms with van der Waals surface area (Å²) in [6.07, 6.45) is 2.33. The largest absolute Gasteiger partial charge is 0.380 e. The average molecular weight is 752 g/mol. The highest BCUT2D eigenvalue weighted by atomic mass is 16.6. The number of Topliss-reactive ketones (excluding diaryl/α,β-unsaturated/α-hetero) is 1. The number of carbonyl (C=O) groups is 5. The van der Waals surface area contributed by atoms with Gasteiger partial charge in [-0.15, -0.1) is 0 Å². The second-order valence-electron chi connectivity index (χ2n) is 15.2. The summed E-state index contributed by atoms with van der Waals surface area (Å²) in [5.74, 6) is -2.36. The summed E-state index contributed by atoms with van der Waals surface area (Å²) in [4.78, 5) is 68.3. The predicted molar refractivity (Wildman–Crippen MR) is 205 cm³/mol. The summed E-state index contributed by atoms with van der Waals surface area (Å²) in [5, 5.41) is 22.5. The minimum absolute atomic E-state index is 0.0231. The fraction of sp³-hybridized carbons (Fsp3) is 0.585. The fourth-order valence-corrected chi connectivity index (χ4v) is 6.03. The van der Waals surface area contributed by atoms with E-state index in [1.807, 2.05) is 95.3 Å². The van der Waals surface area contributed by atoms with Crippen molar-refractivity contribution in [1.82, 2.24) is 26.3 Å². The predicted octanol–water partition coefficient (Wildman–Crippen LogP) is 3.37. The van der Waals surface area contributed by atoms with E-state index in [1.54, 1.807) is 6.92 Å². The lowest BCUT2D eigenvalue weighted by atomic mass is 9.93. The number of carbonyl (C=O) groups excluding carboxylic acids is 5. The first-order valence-electron chi connectivity index (χ1n) is 19.2. The SMILES string of the molecule is CCCOCCN(O)CC(=O)N[C@@H](CCc1ccccc1)C(=O)N[C@@H](CC(C)C)C(=O)N[C@@H](Cc1ccccc1)C(=O)N[C@@H](CC(C)C)C(=O)[C@@]1(C)CO1. The van der Waals surface area contributed by atoms with E-state index in [9.17, 15) is 29.2 Å². The van der Waals surface area contributed by atoms with Crippen LogP contribution in [0.1, 0.15) is 78.4 Å². The van der Waals surface area contributed by atoms with Crippen molar-refractivity contribution >= 4 is 29.4 Å². The van der Waals surface area contributed by atoms with Crippen molar-refractivity contribution < 1.29 is 38.7 Å². The molecule has 0 radical (unpaired) electrons. The lowest BCUT2D eigenvalue weighted by Gasteiger charge is -2.28. The normalized spacial score (nSPS) is 17.4. The molecule has 5 N–H and O–H groups in total. The molecule has 0 unspecified atom stereocenters. The lowest BCUT2D eigenvalue weighted by Crippen LogP contribution is -2.59. The second-order valence-corrected chi connectivity index (χ2v) is 15.2. The van der Waals surface area contributed by atoms with Gasteiger partial charge in [-0.25, -0.2) is 0 Å². The van der Waals surface area contributed by atoms with Gasteiger partial charge >= 0.3 is 0 Å². The van der Waals surface area contributed by atoms with Crippen LogP contribution >= 0.6 is 0 Å². The Morgan fingerprint density at radius 1 is 0.759 bits per heavy atom. The maximum absolute atomic E-state index is 14.1. The maximum Gasteiger partial charge on any atom is 0.243 e. The summed E-state index contributed by atoms with van der Waals surface area (Å²) < 4.78 is 10.8. The lowest BCUT2D eigenvalue weighted by molar-refractivity contribution is -0.143. The smallest absolute Gasteiger partial charge is 0.243 e. The quantitative estimate of drug-likeness (QED) is 0.0578. The van der Waals surface area contributed by atoms with E-state index < -0.39 is 53.4 Å². The number of hydroxylamine groups is 2. The second kappa shape index (κ2) is 22.3. The van der Waals surface area contributed by atoms with Gasteiger partial charge in [0, 0.05) is 19.6 Å². The van der Waals surface area contributed by atoms with Crippen molar-refractivity contribution in [1.29, 1.82) is 0 Å². The van der Waals surface area contributed by atoms with E-state index in [4.69, 9.17) is 9.47 Å². The summed E-state index contributed by atoms with van der Waals surface area (Å²) in [6, 6.07) is 14.8. The van der Waals surface area contributed by atoms with Crippen LogP contribution in [0.4, 0.5) is 0 Å². The fourth-order valence-electron chi connectivity index (χ4n) is 6.03. The molecule has 0 spiro atoms. The zero-order valence-corrected chi connectivity index (χ0v) is 32.8. The van der Waals surface area contributed by atoms with Crippen LogP contribution in [-0.4, -0.2) is 102 Å². The van der Waals surface area contributed by atoms with Crippen LogP contribution in [-0.2, 0) is 46.3 Å². The summed E-state index contributed by atoms with van der Waals surface area (Å²) in [7, 11) is 0. The van der Waals surface area contributed by atoms with Crippen LogP contribution in [0, 0.1) is 11.8 Å². The van der Waals surface area contributed by atoms with Crippen LogP contribution in [0.25, 0.3) is 0 Å². The number of nitrogens with one attached hydrogen (secondary N) is 4. The van der Waals surface area contributed by atoms with Gasteiger partial charge in [0.1, 0.15) is 30.3 Å². The molecule has 13 nitrogen and oxygen atoms in total. The number of nitrogens with zero attached hydrogens (tertiary/aromatic N) is 1. The molecule has 4 amide bonds. The number of ketones is 1. The third kappa shape index (κ3) is 15.7. The first-order chi connectivity index (χ1) is 25.7. The molecule has 54 heavy (non-hydrogen) atoms. The van der Waals surface area contributed by atoms with E-state index in [0.717, 1.165) is 22.6 Å². The molecule has 2 aromatic rings. The number of rotatable bonds is 25. The molecule has 1 heterocycles. The first kappa shape index (κ1) is 44.2. The number of hydrogen-bond donors (Lipinski definition) is 5. The molecule has 298 valence electrons. The molecule has 1 aliphatic rings. The van der Waals surface area contributed by atoms with E-state index >= 15 is 0 Å². The third-order valence-corrected chi connectivity index (χ3v) is 9.08. The van der Waals surface area contributed by atoms with Gasteiger partial charge in [0.2, 0.25) is 23.6 Å². The number of benzene rings is 2. The number of ether oxygens (including phenoxy) is 2. The summed E-state index contributed by atoms with van der Waals surface area (Å²) in [5.41, 5.74) is 0.817. The Kier molecular flexibility index (Phi) is 18.2. The Morgan fingerprint density at radius 2 is 1.28 bits per heavy atom. The third-order valence-electron chi connectivity index (χ3n) is 9.08. The van der Waals surface area contributed by atoms with Gasteiger partial charge in [-0.2, -0.15) is 5.06 Å². The van der Waals surface area contributed by atoms with E-state index in [0.29, 0.717) is 19.4 Å². The van der Waals surface area contributed by atoms with Gasteiger partial charge < -0.3 is 35.9 Å². The zero-order chi connectivity index (χ0) is 39.7. The molecule has 1 aliphatic heterocycles. The number of hydrogen-bond acceptors (Lipinski definition) is 9. The van der Waals surface area contributed by atoms with Gasteiger partial charge in [0.05, 0.1) is 19.3 Å². The monoisotopic (exact) mass is 751 g/mol. The average Bonchev–Trinajstić information content (AvgIpc) is 3.89. The van der Waals surface area contributed by atoms with Gasteiger partial charge in [0.25, 0.3) is 0 Å². The minimum atomic E-state index is -1.06.